The molecule has 0 aliphatic heterocycles. The highest BCUT2D eigenvalue weighted by atomic mass is 35.5. The van der Waals surface area contributed by atoms with Gasteiger partial charge in [-0.2, -0.15) is 0 Å². The summed E-state index contributed by atoms with van der Waals surface area (Å²) in [7, 11) is 1.66. The van der Waals surface area contributed by atoms with Crippen molar-refractivity contribution in [1.82, 2.24) is 9.88 Å². The number of rotatable bonds is 12. The fourth-order valence-corrected chi connectivity index (χ4v) is 4.02. The summed E-state index contributed by atoms with van der Waals surface area (Å²) in [6.45, 7) is 7.60. The van der Waals surface area contributed by atoms with Crippen LogP contribution >= 0.6 is 11.6 Å². The molecular formula is C25H34ClN3O2. The SMILES string of the molecule is CCCCN(CCCC)CC(O)CNc1c2ccc(Cl)cc2nc2ccc(OC)cc12. The fourth-order valence-electron chi connectivity index (χ4n) is 3.85. The summed E-state index contributed by atoms with van der Waals surface area (Å²) in [5.74, 6) is 0.775. The second-order valence-electron chi connectivity index (χ2n) is 8.07. The van der Waals surface area contributed by atoms with Crippen molar-refractivity contribution in [2.45, 2.75) is 45.6 Å². The van der Waals surface area contributed by atoms with Crippen molar-refractivity contribution >= 4 is 39.1 Å². The number of hydrogen-bond acceptors (Lipinski definition) is 5. The molecule has 31 heavy (non-hydrogen) atoms. The summed E-state index contributed by atoms with van der Waals surface area (Å²) in [5, 5.41) is 16.9. The van der Waals surface area contributed by atoms with Crippen LogP contribution in [0.25, 0.3) is 21.8 Å². The van der Waals surface area contributed by atoms with Gasteiger partial charge >= 0.3 is 0 Å². The zero-order valence-electron chi connectivity index (χ0n) is 18.8. The van der Waals surface area contributed by atoms with Crippen molar-refractivity contribution < 1.29 is 9.84 Å². The summed E-state index contributed by atoms with van der Waals surface area (Å²) >= 11 is 6.21. The summed E-state index contributed by atoms with van der Waals surface area (Å²) < 4.78 is 5.43. The second kappa shape index (κ2) is 11.5. The number of unbranched alkanes of at least 4 members (excludes halogenated alkanes) is 2. The largest absolute Gasteiger partial charge is 0.497 e. The summed E-state index contributed by atoms with van der Waals surface area (Å²) in [5.41, 5.74) is 2.64. The number of pyridine rings is 1. The van der Waals surface area contributed by atoms with E-state index in [9.17, 15) is 5.11 Å². The van der Waals surface area contributed by atoms with Gasteiger partial charge in [0.05, 0.1) is 29.9 Å². The average molecular weight is 444 g/mol. The molecule has 1 atom stereocenters. The van der Waals surface area contributed by atoms with Crippen LogP contribution in [0.5, 0.6) is 5.75 Å². The molecule has 6 heteroatoms. The molecule has 0 radical (unpaired) electrons. The molecule has 5 nitrogen and oxygen atoms in total. The Bertz CT molecular complexity index is 987. The number of halogens is 1. The van der Waals surface area contributed by atoms with Gasteiger partial charge in [0, 0.05) is 28.9 Å². The van der Waals surface area contributed by atoms with Gasteiger partial charge in [0.25, 0.3) is 0 Å². The quantitative estimate of drug-likeness (QED) is 0.350. The normalized spacial score (nSPS) is 12.6. The third kappa shape index (κ3) is 6.22. The Balaban J connectivity index is 1.84. The van der Waals surface area contributed by atoms with Crippen LogP contribution in [-0.2, 0) is 0 Å². The van der Waals surface area contributed by atoms with Crippen LogP contribution in [0.2, 0.25) is 5.02 Å². The van der Waals surface area contributed by atoms with E-state index in [1.54, 1.807) is 7.11 Å². The predicted molar refractivity (Wildman–Crippen MR) is 132 cm³/mol. The van der Waals surface area contributed by atoms with Crippen molar-refractivity contribution in [2.24, 2.45) is 0 Å². The van der Waals surface area contributed by atoms with Crippen LogP contribution in [0.3, 0.4) is 0 Å². The highest BCUT2D eigenvalue weighted by Gasteiger charge is 2.15. The van der Waals surface area contributed by atoms with Crippen molar-refractivity contribution in [1.29, 1.82) is 0 Å². The Morgan fingerprint density at radius 3 is 2.45 bits per heavy atom. The minimum absolute atomic E-state index is 0.461. The molecule has 168 valence electrons. The molecule has 0 spiro atoms. The van der Waals surface area contributed by atoms with Gasteiger partial charge in [-0.15, -0.1) is 0 Å². The molecule has 0 aliphatic rings. The number of ether oxygens (including phenoxy) is 1. The van der Waals surface area contributed by atoms with Crippen LogP contribution in [0.4, 0.5) is 5.69 Å². The van der Waals surface area contributed by atoms with E-state index >= 15 is 0 Å². The number of methoxy groups -OCH3 is 1. The predicted octanol–water partition coefficient (Wildman–Crippen LogP) is 5.73. The number of aromatic nitrogens is 1. The number of anilines is 1. The molecule has 1 aromatic heterocycles. The molecule has 1 heterocycles. The number of aliphatic hydroxyl groups excluding tert-OH is 1. The monoisotopic (exact) mass is 443 g/mol. The number of benzene rings is 2. The fraction of sp³-hybridized carbons (Fsp3) is 0.480. The Kier molecular flexibility index (Phi) is 8.76. The summed E-state index contributed by atoms with van der Waals surface area (Å²) in [6.07, 6.45) is 4.17. The first-order valence-corrected chi connectivity index (χ1v) is 11.6. The van der Waals surface area contributed by atoms with Crippen molar-refractivity contribution in [3.8, 4) is 5.75 Å². The molecule has 2 aromatic carbocycles. The molecule has 0 saturated carbocycles. The van der Waals surface area contributed by atoms with E-state index in [1.807, 2.05) is 36.4 Å². The van der Waals surface area contributed by atoms with Gasteiger partial charge in [-0.25, -0.2) is 4.98 Å². The zero-order valence-corrected chi connectivity index (χ0v) is 19.6. The van der Waals surface area contributed by atoms with E-state index in [0.29, 0.717) is 18.1 Å². The molecule has 0 saturated heterocycles. The van der Waals surface area contributed by atoms with Crippen LogP contribution < -0.4 is 10.1 Å². The molecule has 3 aromatic rings. The highest BCUT2D eigenvalue weighted by Crippen LogP contribution is 2.34. The Labute approximate surface area is 190 Å². The lowest BCUT2D eigenvalue weighted by Gasteiger charge is -2.25. The van der Waals surface area contributed by atoms with Gasteiger partial charge in [-0.3, -0.25) is 0 Å². The molecule has 0 fully saturated rings. The molecule has 0 aliphatic carbocycles. The third-order valence-electron chi connectivity index (χ3n) is 5.58. The van der Waals surface area contributed by atoms with Gasteiger partial charge < -0.3 is 20.1 Å². The molecule has 0 amide bonds. The van der Waals surface area contributed by atoms with E-state index in [4.69, 9.17) is 21.3 Å². The first-order chi connectivity index (χ1) is 15.0. The average Bonchev–Trinajstić information content (AvgIpc) is 2.77. The van der Waals surface area contributed by atoms with Crippen LogP contribution in [0.15, 0.2) is 36.4 Å². The van der Waals surface area contributed by atoms with E-state index in [1.165, 1.54) is 0 Å². The minimum atomic E-state index is -0.468. The van der Waals surface area contributed by atoms with Crippen molar-refractivity contribution in [3.63, 3.8) is 0 Å². The summed E-state index contributed by atoms with van der Waals surface area (Å²) in [4.78, 5) is 7.15. The number of aliphatic hydroxyl groups is 1. The smallest absolute Gasteiger partial charge is 0.119 e. The first-order valence-electron chi connectivity index (χ1n) is 11.3. The molecule has 1 unspecified atom stereocenters. The van der Waals surface area contributed by atoms with Gasteiger partial charge in [0.2, 0.25) is 0 Å². The van der Waals surface area contributed by atoms with E-state index < -0.39 is 6.10 Å². The molecule has 0 bridgehead atoms. The molecule has 2 N–H and O–H groups in total. The van der Waals surface area contributed by atoms with E-state index in [2.05, 4.69) is 24.1 Å². The van der Waals surface area contributed by atoms with Gasteiger partial charge in [0.1, 0.15) is 5.75 Å². The number of nitrogens with zero attached hydrogens (tertiary/aromatic N) is 2. The van der Waals surface area contributed by atoms with E-state index in [-0.39, 0.29) is 0 Å². The molecular weight excluding hydrogens is 410 g/mol. The molecule has 3 rings (SSSR count). The topological polar surface area (TPSA) is 57.6 Å². The van der Waals surface area contributed by atoms with Crippen LogP contribution in [0, 0.1) is 0 Å². The standard InChI is InChI=1S/C25H34ClN3O2/c1-4-6-12-29(13-7-5-2)17-19(30)16-27-25-21-10-8-18(26)14-24(21)28-23-11-9-20(31-3)15-22(23)25/h8-11,14-15,19,30H,4-7,12-13,16-17H2,1-3H3,(H,27,28). The number of hydrogen-bond donors (Lipinski definition) is 2. The number of fused-ring (bicyclic) bond motifs is 2. The lowest BCUT2D eigenvalue weighted by molar-refractivity contribution is 0.120. The summed E-state index contributed by atoms with van der Waals surface area (Å²) in [6, 6.07) is 11.6. The van der Waals surface area contributed by atoms with Crippen LogP contribution in [-0.4, -0.2) is 54.4 Å². The maximum absolute atomic E-state index is 10.8. The Morgan fingerprint density at radius 1 is 1.03 bits per heavy atom. The lowest BCUT2D eigenvalue weighted by atomic mass is 10.1. The maximum atomic E-state index is 10.8. The Hall–Kier alpha value is -2.08. The van der Waals surface area contributed by atoms with Crippen molar-refractivity contribution in [3.05, 3.63) is 41.4 Å². The lowest BCUT2D eigenvalue weighted by Crippen LogP contribution is -2.37. The zero-order chi connectivity index (χ0) is 22.2. The van der Waals surface area contributed by atoms with Gasteiger partial charge in [-0.05, 0) is 62.3 Å². The van der Waals surface area contributed by atoms with Gasteiger partial charge in [-0.1, -0.05) is 38.3 Å². The van der Waals surface area contributed by atoms with E-state index in [0.717, 1.165) is 72.0 Å². The highest BCUT2D eigenvalue weighted by molar-refractivity contribution is 6.31. The minimum Gasteiger partial charge on any atom is -0.497 e. The maximum Gasteiger partial charge on any atom is 0.119 e. The second-order valence-corrected chi connectivity index (χ2v) is 8.51. The number of nitrogens with one attached hydrogen (secondary N) is 1. The third-order valence-corrected chi connectivity index (χ3v) is 5.82. The van der Waals surface area contributed by atoms with Crippen LogP contribution in [0.1, 0.15) is 39.5 Å². The first kappa shape index (κ1) is 23.6. The van der Waals surface area contributed by atoms with Gasteiger partial charge in [0.15, 0.2) is 0 Å². The van der Waals surface area contributed by atoms with Crippen molar-refractivity contribution in [2.75, 3.05) is 38.6 Å². The Morgan fingerprint density at radius 2 is 1.77 bits per heavy atom.